The molecule has 2 N–H and O–H groups in total. The third-order valence-electron chi connectivity index (χ3n) is 5.03. The number of hydrogen-bond acceptors (Lipinski definition) is 5. The molecule has 0 aliphatic rings. The average molecular weight is 548 g/mol. The van der Waals surface area contributed by atoms with Crippen LogP contribution in [0.2, 0.25) is 5.02 Å². The molecule has 196 valence electrons. The Morgan fingerprint density at radius 2 is 1.78 bits per heavy atom. The average Bonchev–Trinajstić information content (AvgIpc) is 3.11. The van der Waals surface area contributed by atoms with Crippen LogP contribution in [0.3, 0.4) is 0 Å². The number of nitriles is 1. The van der Waals surface area contributed by atoms with Crippen molar-refractivity contribution in [3.8, 4) is 17.5 Å². The van der Waals surface area contributed by atoms with Gasteiger partial charge >= 0.3 is 18.0 Å². The van der Waals surface area contributed by atoms with E-state index in [4.69, 9.17) is 11.6 Å². The summed E-state index contributed by atoms with van der Waals surface area (Å²) >= 11 is 5.81. The fourth-order valence-electron chi connectivity index (χ4n) is 3.22. The van der Waals surface area contributed by atoms with E-state index in [1.165, 1.54) is 30.3 Å². The number of aromatic nitrogens is 3. The first kappa shape index (κ1) is 27.8. The quantitative estimate of drug-likeness (QED) is 0.438. The maximum Gasteiger partial charge on any atom is 0.416 e. The van der Waals surface area contributed by atoms with Crippen LogP contribution in [0.25, 0.3) is 11.4 Å². The van der Waals surface area contributed by atoms with Crippen molar-refractivity contribution in [3.05, 3.63) is 75.2 Å². The Bertz CT molecular complexity index is 1380. The summed E-state index contributed by atoms with van der Waals surface area (Å²) in [5.41, 5.74) is -2.27. The molecule has 0 spiro atoms. The smallest absolute Gasteiger partial charge is 0.382 e. The van der Waals surface area contributed by atoms with Gasteiger partial charge in [-0.05, 0) is 42.0 Å². The van der Waals surface area contributed by atoms with Gasteiger partial charge in [0.2, 0.25) is 5.91 Å². The third-order valence-corrected chi connectivity index (χ3v) is 5.29. The Hall–Kier alpha value is -3.83. The van der Waals surface area contributed by atoms with Crippen molar-refractivity contribution in [3.63, 3.8) is 0 Å². The van der Waals surface area contributed by atoms with Gasteiger partial charge in [-0.25, -0.2) is 9.48 Å². The number of nitrogens with one attached hydrogen (secondary N) is 1. The van der Waals surface area contributed by atoms with E-state index in [1.807, 2.05) is 0 Å². The van der Waals surface area contributed by atoms with Crippen molar-refractivity contribution >= 4 is 17.5 Å². The zero-order chi connectivity index (χ0) is 27.5. The summed E-state index contributed by atoms with van der Waals surface area (Å²) in [6.45, 7) is -2.11. The summed E-state index contributed by atoms with van der Waals surface area (Å²) in [6.07, 6.45) is -12.7. The maximum absolute atomic E-state index is 13.0. The fraction of sp³-hybridized carbons (Fsp3) is 0.273. The number of benzene rings is 2. The molecule has 15 heteroatoms. The molecular weight excluding hydrogens is 532 g/mol. The van der Waals surface area contributed by atoms with Crippen LogP contribution in [0.15, 0.2) is 53.3 Å². The van der Waals surface area contributed by atoms with E-state index in [1.54, 1.807) is 6.07 Å². The van der Waals surface area contributed by atoms with E-state index in [0.29, 0.717) is 15.3 Å². The van der Waals surface area contributed by atoms with Gasteiger partial charge in [-0.15, -0.1) is 5.10 Å². The van der Waals surface area contributed by atoms with Gasteiger partial charge in [0.1, 0.15) is 12.6 Å². The molecule has 2 aromatic carbocycles. The number of hydrogen-bond donors (Lipinski definition) is 2. The Morgan fingerprint density at radius 3 is 2.35 bits per heavy atom. The Kier molecular flexibility index (Phi) is 7.99. The van der Waals surface area contributed by atoms with Crippen molar-refractivity contribution in [2.24, 2.45) is 0 Å². The molecule has 0 fully saturated rings. The number of aliphatic hydroxyl groups is 1. The molecule has 0 radical (unpaired) electrons. The molecule has 1 aromatic heterocycles. The van der Waals surface area contributed by atoms with Crippen molar-refractivity contribution < 1.29 is 36.2 Å². The molecule has 3 rings (SSSR count). The van der Waals surface area contributed by atoms with E-state index in [0.717, 1.165) is 12.1 Å². The number of rotatable bonds is 7. The number of aliphatic hydroxyl groups excluding tert-OH is 1. The summed E-state index contributed by atoms with van der Waals surface area (Å²) in [6, 6.07) is 9.24. The number of nitrogens with zero attached hydrogens (tertiary/aromatic N) is 4. The predicted molar refractivity (Wildman–Crippen MR) is 117 cm³/mol. The Balaban J connectivity index is 1.90. The zero-order valence-corrected chi connectivity index (χ0v) is 19.1. The summed E-state index contributed by atoms with van der Waals surface area (Å²) in [5.74, 6) is -1.35. The third kappa shape index (κ3) is 6.69. The van der Waals surface area contributed by atoms with Crippen LogP contribution >= 0.6 is 11.6 Å². The van der Waals surface area contributed by atoms with E-state index in [-0.39, 0.29) is 22.0 Å². The summed E-state index contributed by atoms with van der Waals surface area (Å²) in [4.78, 5) is 25.3. The van der Waals surface area contributed by atoms with Gasteiger partial charge in [-0.2, -0.15) is 31.6 Å². The predicted octanol–water partition coefficient (Wildman–Crippen LogP) is 3.69. The first-order valence-electron chi connectivity index (χ1n) is 10.2. The number of carbonyl (C=O) groups excluding carboxylic acids is 1. The second kappa shape index (κ2) is 10.7. The summed E-state index contributed by atoms with van der Waals surface area (Å²) in [5, 5.41) is 25.2. The molecule has 2 unspecified atom stereocenters. The molecule has 37 heavy (non-hydrogen) atoms. The summed E-state index contributed by atoms with van der Waals surface area (Å²) < 4.78 is 78.8. The molecule has 0 saturated heterocycles. The van der Waals surface area contributed by atoms with Gasteiger partial charge in [0.25, 0.3) is 0 Å². The van der Waals surface area contributed by atoms with E-state index >= 15 is 0 Å². The number of carbonyl (C=O) groups is 1. The minimum absolute atomic E-state index is 0.147. The van der Waals surface area contributed by atoms with Crippen LogP contribution in [-0.4, -0.2) is 37.6 Å². The zero-order valence-electron chi connectivity index (χ0n) is 18.4. The van der Waals surface area contributed by atoms with Crippen LogP contribution in [0, 0.1) is 11.3 Å². The molecule has 0 bridgehead atoms. The highest BCUT2D eigenvalue weighted by molar-refractivity contribution is 6.30. The van der Waals surface area contributed by atoms with Gasteiger partial charge in [0, 0.05) is 10.6 Å². The highest BCUT2D eigenvalue weighted by Crippen LogP contribution is 2.30. The minimum atomic E-state index is -5.05. The molecule has 1 heterocycles. The normalized spacial score (nSPS) is 13.6. The minimum Gasteiger partial charge on any atom is -0.382 e. The van der Waals surface area contributed by atoms with Crippen molar-refractivity contribution in [2.75, 3.05) is 0 Å². The van der Waals surface area contributed by atoms with Crippen molar-refractivity contribution in [1.29, 1.82) is 5.26 Å². The topological polar surface area (TPSA) is 113 Å². The number of halogens is 7. The Morgan fingerprint density at radius 1 is 1.14 bits per heavy atom. The molecule has 3 aromatic rings. The van der Waals surface area contributed by atoms with Gasteiger partial charge in [-0.3, -0.25) is 9.36 Å². The van der Waals surface area contributed by atoms with Gasteiger partial charge in [-0.1, -0.05) is 23.7 Å². The van der Waals surface area contributed by atoms with Gasteiger partial charge < -0.3 is 10.4 Å². The van der Waals surface area contributed by atoms with Crippen LogP contribution in [0.1, 0.15) is 17.2 Å². The van der Waals surface area contributed by atoms with Crippen LogP contribution in [0.5, 0.6) is 0 Å². The standard InChI is InChI=1S/C22H16ClF6N5O3/c23-15-6-4-12(5-7-15)19-32-34(20(37)33(19)10-17(35)22(27,28)29)11-18(36)31-16(9-30)13-2-1-3-14(8-13)21(24,25)26/h1-8,16-17,35H,10-11H2,(H,31,36). The van der Waals surface area contributed by atoms with Crippen LogP contribution in [0.4, 0.5) is 26.3 Å². The van der Waals surface area contributed by atoms with Crippen LogP contribution in [-0.2, 0) is 24.1 Å². The first-order valence-corrected chi connectivity index (χ1v) is 10.6. The second-order valence-electron chi connectivity index (χ2n) is 7.69. The van der Waals surface area contributed by atoms with Gasteiger partial charge in [0.05, 0.1) is 18.2 Å². The summed E-state index contributed by atoms with van der Waals surface area (Å²) in [7, 11) is 0. The lowest BCUT2D eigenvalue weighted by molar-refractivity contribution is -0.207. The molecule has 8 nitrogen and oxygen atoms in total. The molecule has 0 aliphatic heterocycles. The highest BCUT2D eigenvalue weighted by atomic mass is 35.5. The number of amides is 1. The fourth-order valence-corrected chi connectivity index (χ4v) is 3.35. The van der Waals surface area contributed by atoms with Crippen LogP contribution < -0.4 is 11.0 Å². The lowest BCUT2D eigenvalue weighted by atomic mass is 10.0. The second-order valence-corrected chi connectivity index (χ2v) is 8.13. The number of alkyl halides is 6. The monoisotopic (exact) mass is 547 g/mol. The molecule has 0 aliphatic carbocycles. The first-order chi connectivity index (χ1) is 17.2. The Labute approximate surface area is 209 Å². The lowest BCUT2D eigenvalue weighted by Crippen LogP contribution is -2.39. The van der Waals surface area contributed by atoms with Crippen molar-refractivity contribution in [2.45, 2.75) is 37.6 Å². The van der Waals surface area contributed by atoms with Crippen molar-refractivity contribution in [1.82, 2.24) is 19.7 Å². The molecular formula is C22H16ClF6N5O3. The van der Waals surface area contributed by atoms with E-state index < -0.39 is 54.7 Å². The van der Waals surface area contributed by atoms with E-state index in [2.05, 4.69) is 10.4 Å². The molecule has 1 amide bonds. The maximum atomic E-state index is 13.0. The highest BCUT2D eigenvalue weighted by Gasteiger charge is 2.39. The van der Waals surface area contributed by atoms with Gasteiger partial charge in [0.15, 0.2) is 11.9 Å². The van der Waals surface area contributed by atoms with E-state index in [9.17, 15) is 46.3 Å². The lowest BCUT2D eigenvalue weighted by Gasteiger charge is -2.15. The SMILES string of the molecule is N#CC(NC(=O)Cn1nc(-c2ccc(Cl)cc2)n(CC(O)C(F)(F)F)c1=O)c1cccc(C(F)(F)F)c1. The largest absolute Gasteiger partial charge is 0.416 e. The molecule has 0 saturated carbocycles. The molecule has 2 atom stereocenters.